The second-order valence-corrected chi connectivity index (χ2v) is 8.11. The van der Waals surface area contributed by atoms with Crippen LogP contribution in [0.2, 0.25) is 0 Å². The minimum Gasteiger partial charge on any atom is -0.367 e. The van der Waals surface area contributed by atoms with Crippen molar-refractivity contribution >= 4 is 6.08 Å². The van der Waals surface area contributed by atoms with Gasteiger partial charge in [0, 0.05) is 79.4 Å². The molecule has 0 aromatic carbocycles. The van der Waals surface area contributed by atoms with Crippen LogP contribution in [-0.4, -0.2) is 35.9 Å². The first-order valence-corrected chi connectivity index (χ1v) is 10.9. The molecule has 1 aliphatic rings. The molecule has 0 fully saturated rings. The Hall–Kier alpha value is -3.61. The predicted molar refractivity (Wildman–Crippen MR) is 126 cm³/mol. The molecule has 0 unspecified atom stereocenters. The van der Waals surface area contributed by atoms with Crippen molar-refractivity contribution in [2.24, 2.45) is 7.05 Å². The van der Waals surface area contributed by atoms with Crippen molar-refractivity contribution in [2.45, 2.75) is 40.2 Å². The van der Waals surface area contributed by atoms with Crippen LogP contribution in [0.1, 0.15) is 43.0 Å². The molecule has 0 bridgehead atoms. The van der Waals surface area contributed by atoms with E-state index in [2.05, 4.69) is 45.8 Å². The fraction of sp³-hybridized carbons (Fsp3) is 0.320. The molecule has 7 heteroatoms. The molecule has 164 valence electrons. The van der Waals surface area contributed by atoms with Crippen LogP contribution >= 0.6 is 0 Å². The summed E-state index contributed by atoms with van der Waals surface area (Å²) in [6.07, 6.45) is 13.1. The topological polar surface area (TPSA) is 76.8 Å². The molecule has 0 radical (unpaired) electrons. The summed E-state index contributed by atoms with van der Waals surface area (Å²) in [5.41, 5.74) is 7.28. The monoisotopic (exact) mass is 428 g/mol. The Labute approximate surface area is 188 Å². The Morgan fingerprint density at radius 1 is 1.16 bits per heavy atom. The summed E-state index contributed by atoms with van der Waals surface area (Å²) in [6, 6.07) is 3.75. The molecule has 0 aliphatic carbocycles. The molecular weight excluding hydrogens is 400 g/mol. The molecule has 0 spiro atoms. The van der Waals surface area contributed by atoms with Gasteiger partial charge in [0.2, 0.25) is 0 Å². The highest BCUT2D eigenvalue weighted by molar-refractivity contribution is 5.61. The third-order valence-electron chi connectivity index (χ3n) is 5.72. The van der Waals surface area contributed by atoms with Gasteiger partial charge in [-0.2, -0.15) is 0 Å². The van der Waals surface area contributed by atoms with Crippen LogP contribution in [0.15, 0.2) is 59.2 Å². The van der Waals surface area contributed by atoms with Crippen LogP contribution in [0.3, 0.4) is 0 Å². The number of rotatable bonds is 5. The van der Waals surface area contributed by atoms with Gasteiger partial charge in [-0.25, -0.2) is 15.0 Å². The molecule has 0 saturated heterocycles. The summed E-state index contributed by atoms with van der Waals surface area (Å²) < 4.78 is 1.59. The highest BCUT2D eigenvalue weighted by Gasteiger charge is 2.21. The Balaban J connectivity index is 1.65. The van der Waals surface area contributed by atoms with Gasteiger partial charge in [0.1, 0.15) is 12.2 Å². The number of allylic oxidation sites excluding steroid dienone is 2. The van der Waals surface area contributed by atoms with Crippen LogP contribution in [0.4, 0.5) is 0 Å². The van der Waals surface area contributed by atoms with Crippen LogP contribution in [-0.2, 0) is 20.0 Å². The van der Waals surface area contributed by atoms with Crippen molar-refractivity contribution in [3.63, 3.8) is 0 Å². The smallest absolute Gasteiger partial charge is 0.253 e. The van der Waals surface area contributed by atoms with Gasteiger partial charge in [-0.1, -0.05) is 13.0 Å². The highest BCUT2D eigenvalue weighted by Crippen LogP contribution is 2.28. The van der Waals surface area contributed by atoms with E-state index in [-0.39, 0.29) is 5.56 Å². The number of aromatic nitrogens is 5. The molecule has 4 rings (SSSR count). The number of aryl methyl sites for hydroxylation is 1. The van der Waals surface area contributed by atoms with Gasteiger partial charge in [0.05, 0.1) is 0 Å². The van der Waals surface area contributed by atoms with Crippen molar-refractivity contribution in [3.8, 4) is 11.1 Å². The van der Waals surface area contributed by atoms with E-state index in [1.54, 1.807) is 17.7 Å². The Morgan fingerprint density at radius 2 is 1.94 bits per heavy atom. The lowest BCUT2D eigenvalue weighted by Gasteiger charge is -2.33. The molecule has 0 amide bonds. The lowest BCUT2D eigenvalue weighted by Crippen LogP contribution is -2.31. The fourth-order valence-corrected chi connectivity index (χ4v) is 4.04. The Bertz CT molecular complexity index is 1240. The van der Waals surface area contributed by atoms with E-state index in [0.29, 0.717) is 5.82 Å². The number of fused-ring (bicyclic) bond motifs is 1. The number of hydrogen-bond acceptors (Lipinski definition) is 6. The van der Waals surface area contributed by atoms with Gasteiger partial charge in [0.15, 0.2) is 0 Å². The molecule has 0 atom stereocenters. The second-order valence-electron chi connectivity index (χ2n) is 8.11. The van der Waals surface area contributed by atoms with Crippen molar-refractivity contribution in [1.29, 1.82) is 0 Å². The summed E-state index contributed by atoms with van der Waals surface area (Å²) >= 11 is 0. The first-order valence-electron chi connectivity index (χ1n) is 10.9. The third-order valence-corrected chi connectivity index (χ3v) is 5.72. The third kappa shape index (κ3) is 4.51. The normalized spacial score (nSPS) is 14.4. The van der Waals surface area contributed by atoms with Crippen molar-refractivity contribution in [3.05, 3.63) is 87.5 Å². The molecule has 0 saturated carbocycles. The zero-order valence-electron chi connectivity index (χ0n) is 19.0. The van der Waals surface area contributed by atoms with Crippen molar-refractivity contribution < 1.29 is 0 Å². The number of pyridine rings is 1. The van der Waals surface area contributed by atoms with E-state index in [9.17, 15) is 4.79 Å². The second kappa shape index (κ2) is 9.26. The Kier molecular flexibility index (Phi) is 6.25. The quantitative estimate of drug-likeness (QED) is 0.577. The van der Waals surface area contributed by atoms with E-state index >= 15 is 0 Å². The molecule has 1 aliphatic heterocycles. The maximum atomic E-state index is 12.2. The summed E-state index contributed by atoms with van der Waals surface area (Å²) in [7, 11) is 1.76. The molecule has 4 heterocycles. The van der Waals surface area contributed by atoms with Gasteiger partial charge in [-0.3, -0.25) is 14.3 Å². The maximum absolute atomic E-state index is 12.2. The minimum absolute atomic E-state index is 0.0482. The molecule has 3 aromatic heterocycles. The zero-order valence-corrected chi connectivity index (χ0v) is 19.0. The Morgan fingerprint density at radius 3 is 2.69 bits per heavy atom. The lowest BCUT2D eigenvalue weighted by molar-refractivity contribution is 0.324. The zero-order chi connectivity index (χ0) is 22.7. The van der Waals surface area contributed by atoms with Crippen LogP contribution in [0, 0.1) is 6.92 Å². The minimum atomic E-state index is -0.0482. The summed E-state index contributed by atoms with van der Waals surface area (Å²) in [5.74, 6) is 0.667. The van der Waals surface area contributed by atoms with Crippen LogP contribution in [0.25, 0.3) is 17.2 Å². The fourth-order valence-electron chi connectivity index (χ4n) is 4.04. The SMILES string of the molecule is CC/C=C(/C(C)=C\c1nc(C)cc(=O)n1C)N1CCc2ncc(-c3cncnc3)cc2C1. The largest absolute Gasteiger partial charge is 0.367 e. The molecule has 3 aromatic rings. The highest BCUT2D eigenvalue weighted by atomic mass is 16.1. The van der Waals surface area contributed by atoms with Gasteiger partial charge < -0.3 is 4.90 Å². The molecule has 7 nitrogen and oxygen atoms in total. The molecule has 32 heavy (non-hydrogen) atoms. The first kappa shape index (κ1) is 21.6. The van der Waals surface area contributed by atoms with Gasteiger partial charge in [-0.15, -0.1) is 0 Å². The summed E-state index contributed by atoms with van der Waals surface area (Å²) in [4.78, 5) is 32.1. The van der Waals surface area contributed by atoms with Crippen LogP contribution < -0.4 is 5.56 Å². The van der Waals surface area contributed by atoms with Gasteiger partial charge >= 0.3 is 0 Å². The molecule has 0 N–H and O–H groups in total. The van der Waals surface area contributed by atoms with Crippen molar-refractivity contribution in [1.82, 2.24) is 29.4 Å². The van der Waals surface area contributed by atoms with E-state index < -0.39 is 0 Å². The van der Waals surface area contributed by atoms with Crippen molar-refractivity contribution in [2.75, 3.05) is 6.54 Å². The average molecular weight is 429 g/mol. The van der Waals surface area contributed by atoms with E-state index in [0.717, 1.165) is 54.0 Å². The average Bonchev–Trinajstić information content (AvgIpc) is 2.80. The van der Waals surface area contributed by atoms with Gasteiger partial charge in [0.25, 0.3) is 5.56 Å². The van der Waals surface area contributed by atoms with E-state index in [1.807, 2.05) is 31.6 Å². The van der Waals surface area contributed by atoms with E-state index in [1.165, 1.54) is 17.6 Å². The first-order chi connectivity index (χ1) is 15.5. The summed E-state index contributed by atoms with van der Waals surface area (Å²) in [6.45, 7) is 7.75. The number of hydrogen-bond donors (Lipinski definition) is 0. The number of nitrogens with zero attached hydrogens (tertiary/aromatic N) is 6. The lowest BCUT2D eigenvalue weighted by atomic mass is 9.99. The van der Waals surface area contributed by atoms with E-state index in [4.69, 9.17) is 4.98 Å². The molecular formula is C25H28N6O. The van der Waals surface area contributed by atoms with Crippen LogP contribution in [0.5, 0.6) is 0 Å². The van der Waals surface area contributed by atoms with Gasteiger partial charge in [-0.05, 0) is 43.5 Å². The predicted octanol–water partition coefficient (Wildman–Crippen LogP) is 3.70. The standard InChI is InChI=1S/C25H28N6O/c1-5-6-23(17(2)9-24-29-18(3)10-25(32)30(24)4)31-8-7-22-20(15-31)11-19(14-28-22)21-12-26-16-27-13-21/h6,9-14,16H,5,7-8,15H2,1-4H3/b17-9-,23-6-. The summed E-state index contributed by atoms with van der Waals surface area (Å²) in [5, 5.41) is 0. The maximum Gasteiger partial charge on any atom is 0.253 e.